The van der Waals surface area contributed by atoms with Crippen molar-refractivity contribution >= 4 is 40.8 Å². The summed E-state index contributed by atoms with van der Waals surface area (Å²) in [6, 6.07) is 9.67. The first kappa shape index (κ1) is 23.6. The lowest BCUT2D eigenvalue weighted by atomic mass is 9.85. The van der Waals surface area contributed by atoms with E-state index in [-0.39, 0.29) is 34.4 Å². The number of nitro benzene ring substituents is 1. The molecule has 2 aromatic carbocycles. The van der Waals surface area contributed by atoms with Crippen molar-refractivity contribution in [1.29, 1.82) is 0 Å². The monoisotopic (exact) mass is 479 g/mol. The summed E-state index contributed by atoms with van der Waals surface area (Å²) < 4.78 is 10.0. The number of benzene rings is 2. The van der Waals surface area contributed by atoms with Gasteiger partial charge in [-0.2, -0.15) is 0 Å². The number of carbonyl (C=O) groups is 4. The molecule has 1 fully saturated rings. The highest BCUT2D eigenvalue weighted by atomic mass is 16.6. The largest absolute Gasteiger partial charge is 0.497 e. The minimum absolute atomic E-state index is 0.0382. The number of nitrogens with one attached hydrogen (secondary N) is 1. The number of ether oxygens (including phenoxy) is 2. The van der Waals surface area contributed by atoms with Gasteiger partial charge in [-0.3, -0.25) is 29.4 Å². The van der Waals surface area contributed by atoms with Crippen LogP contribution in [-0.2, 0) is 19.1 Å². The number of allylic oxidation sites excluding steroid dienone is 2. The van der Waals surface area contributed by atoms with Crippen LogP contribution in [0, 0.1) is 22.0 Å². The van der Waals surface area contributed by atoms with Gasteiger partial charge < -0.3 is 14.8 Å². The summed E-state index contributed by atoms with van der Waals surface area (Å²) >= 11 is 0. The highest BCUT2D eigenvalue weighted by molar-refractivity contribution is 6.22. The highest BCUT2D eigenvalue weighted by Gasteiger charge is 2.47. The molecule has 0 spiro atoms. The second-order valence-corrected chi connectivity index (χ2v) is 7.98. The van der Waals surface area contributed by atoms with E-state index in [0.717, 1.165) is 4.90 Å². The Morgan fingerprint density at radius 2 is 1.77 bits per heavy atom. The first-order chi connectivity index (χ1) is 16.8. The van der Waals surface area contributed by atoms with E-state index in [2.05, 4.69) is 5.32 Å². The van der Waals surface area contributed by atoms with Crippen LogP contribution >= 0.6 is 0 Å². The molecule has 0 radical (unpaired) electrons. The summed E-state index contributed by atoms with van der Waals surface area (Å²) in [6.07, 6.45) is 4.76. The Kier molecular flexibility index (Phi) is 6.58. The number of rotatable bonds is 7. The Bertz CT molecular complexity index is 1230. The van der Waals surface area contributed by atoms with Crippen molar-refractivity contribution in [3.05, 3.63) is 70.3 Å². The lowest BCUT2D eigenvalue weighted by Crippen LogP contribution is -2.31. The standard InChI is InChI=1S/C24H21N3O8/c1-34-16-9-10-20(27(32)33)19(12-16)25-21(28)13-35-24(31)14-5-4-6-15(11-14)26-22(29)17-7-2-3-8-18(17)23(26)30/h2-6,9-12,17-18H,7-8,13H2,1H3,(H,25,28)/t17-,18-/m0/s1. The second-order valence-electron chi connectivity index (χ2n) is 7.98. The highest BCUT2D eigenvalue weighted by Crippen LogP contribution is 2.37. The molecular weight excluding hydrogens is 458 g/mol. The maximum absolute atomic E-state index is 12.8. The average molecular weight is 479 g/mol. The molecule has 35 heavy (non-hydrogen) atoms. The molecule has 11 nitrogen and oxygen atoms in total. The summed E-state index contributed by atoms with van der Waals surface area (Å²) in [7, 11) is 1.37. The number of nitrogens with zero attached hydrogens (tertiary/aromatic N) is 2. The van der Waals surface area contributed by atoms with E-state index in [0.29, 0.717) is 18.6 Å². The van der Waals surface area contributed by atoms with E-state index in [4.69, 9.17) is 9.47 Å². The number of methoxy groups -OCH3 is 1. The number of carbonyl (C=O) groups excluding carboxylic acids is 4. The number of anilines is 2. The van der Waals surface area contributed by atoms with Gasteiger partial charge in [-0.15, -0.1) is 0 Å². The number of hydrogen-bond acceptors (Lipinski definition) is 8. The minimum atomic E-state index is -0.861. The zero-order chi connectivity index (χ0) is 25.1. The van der Waals surface area contributed by atoms with Gasteiger partial charge in [-0.25, -0.2) is 4.79 Å². The SMILES string of the molecule is COc1ccc([N+](=O)[O-])c(NC(=O)COC(=O)c2cccc(N3C(=O)[C@H]4CC=CC[C@@H]4C3=O)c2)c1. The van der Waals surface area contributed by atoms with Gasteiger partial charge in [0.15, 0.2) is 6.61 Å². The van der Waals surface area contributed by atoms with Crippen molar-refractivity contribution < 1.29 is 33.6 Å². The molecule has 1 N–H and O–H groups in total. The van der Waals surface area contributed by atoms with Gasteiger partial charge in [0.2, 0.25) is 11.8 Å². The molecule has 1 aliphatic heterocycles. The second kappa shape index (κ2) is 9.75. The summed E-state index contributed by atoms with van der Waals surface area (Å²) in [4.78, 5) is 62.0. The summed E-state index contributed by atoms with van der Waals surface area (Å²) in [5.41, 5.74) is -0.176. The lowest BCUT2D eigenvalue weighted by molar-refractivity contribution is -0.383. The third kappa shape index (κ3) is 4.74. The maximum Gasteiger partial charge on any atom is 0.338 e. The molecule has 2 atom stereocenters. The maximum atomic E-state index is 12.8. The average Bonchev–Trinajstić information content (AvgIpc) is 3.12. The predicted molar refractivity (Wildman–Crippen MR) is 123 cm³/mol. The van der Waals surface area contributed by atoms with Crippen LogP contribution in [0.5, 0.6) is 5.75 Å². The van der Waals surface area contributed by atoms with Crippen LogP contribution in [0.25, 0.3) is 0 Å². The zero-order valence-electron chi connectivity index (χ0n) is 18.6. The van der Waals surface area contributed by atoms with E-state index in [9.17, 15) is 29.3 Å². The lowest BCUT2D eigenvalue weighted by Gasteiger charge is -2.15. The molecule has 0 unspecified atom stereocenters. The third-order valence-corrected chi connectivity index (χ3v) is 5.86. The van der Waals surface area contributed by atoms with Gasteiger partial charge >= 0.3 is 5.97 Å². The molecule has 3 amide bonds. The molecule has 1 aliphatic carbocycles. The Balaban J connectivity index is 1.42. The number of amides is 3. The molecule has 2 aliphatic rings. The van der Waals surface area contributed by atoms with Crippen molar-refractivity contribution in [1.82, 2.24) is 0 Å². The topological polar surface area (TPSA) is 145 Å². The molecule has 1 saturated heterocycles. The van der Waals surface area contributed by atoms with Crippen molar-refractivity contribution in [2.75, 3.05) is 23.9 Å². The van der Waals surface area contributed by atoms with Gasteiger partial charge in [-0.05, 0) is 37.1 Å². The van der Waals surface area contributed by atoms with Gasteiger partial charge in [0.25, 0.3) is 11.6 Å². The first-order valence-electron chi connectivity index (χ1n) is 10.7. The van der Waals surface area contributed by atoms with E-state index in [1.807, 2.05) is 12.2 Å². The summed E-state index contributed by atoms with van der Waals surface area (Å²) in [6.45, 7) is -0.713. The fourth-order valence-electron chi connectivity index (χ4n) is 4.13. The Labute approximate surface area is 199 Å². The van der Waals surface area contributed by atoms with Gasteiger partial charge in [0.05, 0.1) is 35.1 Å². The van der Waals surface area contributed by atoms with Crippen LogP contribution in [0.3, 0.4) is 0 Å². The van der Waals surface area contributed by atoms with Crippen molar-refractivity contribution in [2.24, 2.45) is 11.8 Å². The smallest absolute Gasteiger partial charge is 0.338 e. The van der Waals surface area contributed by atoms with E-state index in [1.54, 1.807) is 6.07 Å². The number of fused-ring (bicyclic) bond motifs is 1. The van der Waals surface area contributed by atoms with Gasteiger partial charge in [-0.1, -0.05) is 18.2 Å². The normalized spacial score (nSPS) is 18.7. The van der Waals surface area contributed by atoms with Crippen LogP contribution in [-0.4, -0.2) is 42.3 Å². The van der Waals surface area contributed by atoms with E-state index >= 15 is 0 Å². The van der Waals surface area contributed by atoms with E-state index < -0.39 is 35.2 Å². The molecule has 1 heterocycles. The molecule has 11 heteroatoms. The Hall–Kier alpha value is -4.54. The fourth-order valence-corrected chi connectivity index (χ4v) is 4.13. The van der Waals surface area contributed by atoms with Crippen LogP contribution in [0.4, 0.5) is 17.1 Å². The van der Waals surface area contributed by atoms with Crippen molar-refractivity contribution in [3.8, 4) is 5.75 Å². The predicted octanol–water partition coefficient (Wildman–Crippen LogP) is 2.85. The molecule has 2 aromatic rings. The molecule has 0 bridgehead atoms. The number of imide groups is 1. The van der Waals surface area contributed by atoms with Crippen LogP contribution in [0.1, 0.15) is 23.2 Å². The van der Waals surface area contributed by atoms with Crippen molar-refractivity contribution in [3.63, 3.8) is 0 Å². The Morgan fingerprint density at radius 1 is 1.09 bits per heavy atom. The fraction of sp³-hybridized carbons (Fsp3) is 0.250. The summed E-state index contributed by atoms with van der Waals surface area (Å²) in [5.74, 6) is -2.81. The number of esters is 1. The van der Waals surface area contributed by atoms with Gasteiger partial charge in [0, 0.05) is 12.1 Å². The van der Waals surface area contributed by atoms with Crippen LogP contribution < -0.4 is 15.0 Å². The zero-order valence-corrected chi connectivity index (χ0v) is 18.6. The molecule has 4 rings (SSSR count). The van der Waals surface area contributed by atoms with Crippen LogP contribution in [0.15, 0.2) is 54.6 Å². The molecule has 0 saturated carbocycles. The third-order valence-electron chi connectivity index (χ3n) is 5.86. The van der Waals surface area contributed by atoms with Crippen LogP contribution in [0.2, 0.25) is 0 Å². The number of nitro groups is 1. The molecular formula is C24H21N3O8. The first-order valence-corrected chi connectivity index (χ1v) is 10.7. The van der Waals surface area contributed by atoms with Crippen molar-refractivity contribution in [2.45, 2.75) is 12.8 Å². The van der Waals surface area contributed by atoms with E-state index in [1.165, 1.54) is 43.5 Å². The number of hydrogen-bond donors (Lipinski definition) is 1. The quantitative estimate of drug-likeness (QED) is 0.210. The Morgan fingerprint density at radius 3 is 2.40 bits per heavy atom. The van der Waals surface area contributed by atoms with Gasteiger partial charge in [0.1, 0.15) is 11.4 Å². The molecule has 0 aromatic heterocycles. The molecule has 180 valence electrons. The summed E-state index contributed by atoms with van der Waals surface area (Å²) in [5, 5.41) is 13.5. The minimum Gasteiger partial charge on any atom is -0.497 e.